The van der Waals surface area contributed by atoms with E-state index in [2.05, 4.69) is 110 Å². The van der Waals surface area contributed by atoms with E-state index in [1.54, 1.807) is 0 Å². The number of rotatable bonds is 2. The molecule has 0 aliphatic heterocycles. The van der Waals surface area contributed by atoms with Gasteiger partial charge >= 0.3 is 0 Å². The zero-order valence-corrected chi connectivity index (χ0v) is 15.4. The minimum absolute atomic E-state index is 0.251. The molecule has 0 radical (unpaired) electrons. The van der Waals surface area contributed by atoms with Gasteiger partial charge in [-0.3, -0.25) is 0 Å². The second-order valence-corrected chi connectivity index (χ2v) is 7.69. The Morgan fingerprint density at radius 1 is 0.731 bits per heavy atom. The van der Waals surface area contributed by atoms with Gasteiger partial charge < -0.3 is 0 Å². The van der Waals surface area contributed by atoms with Gasteiger partial charge in [-0.1, -0.05) is 97.1 Å². The lowest BCUT2D eigenvalue weighted by Crippen LogP contribution is -2.30. The van der Waals surface area contributed by atoms with Gasteiger partial charge in [-0.15, -0.1) is 0 Å². The van der Waals surface area contributed by atoms with E-state index in [0.717, 1.165) is 6.42 Å². The van der Waals surface area contributed by atoms with E-state index in [-0.39, 0.29) is 5.41 Å². The maximum Gasteiger partial charge on any atom is 0.0710 e. The summed E-state index contributed by atoms with van der Waals surface area (Å²) < 4.78 is 0. The van der Waals surface area contributed by atoms with Crippen LogP contribution in [-0.4, -0.2) is 5.25 Å². The van der Waals surface area contributed by atoms with Crippen LogP contribution in [0.1, 0.15) is 23.1 Å². The minimum atomic E-state index is -0.251. The van der Waals surface area contributed by atoms with Crippen LogP contribution in [0.3, 0.4) is 0 Å². The molecule has 0 spiro atoms. The van der Waals surface area contributed by atoms with Crippen molar-refractivity contribution in [3.63, 3.8) is 0 Å². The Hall–Kier alpha value is -2.51. The van der Waals surface area contributed by atoms with Crippen LogP contribution >= 0.6 is 12.6 Å². The van der Waals surface area contributed by atoms with Gasteiger partial charge in [0.25, 0.3) is 0 Å². The highest BCUT2D eigenvalue weighted by molar-refractivity contribution is 7.81. The summed E-state index contributed by atoms with van der Waals surface area (Å²) in [5.74, 6) is 0. The third kappa shape index (κ3) is 2.10. The zero-order valence-electron chi connectivity index (χ0n) is 14.5. The fourth-order valence-corrected chi connectivity index (χ4v) is 4.79. The lowest BCUT2D eigenvalue weighted by Gasteiger charge is -2.36. The molecule has 0 aromatic heterocycles. The van der Waals surface area contributed by atoms with Gasteiger partial charge in [0.1, 0.15) is 0 Å². The summed E-state index contributed by atoms with van der Waals surface area (Å²) >= 11 is 4.64. The summed E-state index contributed by atoms with van der Waals surface area (Å²) in [6.07, 6.45) is 7.86. The van der Waals surface area contributed by atoms with Gasteiger partial charge in [0.05, 0.1) is 5.41 Å². The number of fused-ring (bicyclic) bond motifs is 3. The molecule has 0 bridgehead atoms. The summed E-state index contributed by atoms with van der Waals surface area (Å²) in [5, 5.41) is 0.304. The van der Waals surface area contributed by atoms with Crippen molar-refractivity contribution in [1.82, 2.24) is 0 Å². The molecular weight excluding hydrogens is 332 g/mol. The third-order valence-electron chi connectivity index (χ3n) is 5.67. The van der Waals surface area contributed by atoms with Gasteiger partial charge in [-0.05, 0) is 39.8 Å². The van der Waals surface area contributed by atoms with Crippen molar-refractivity contribution in [3.8, 4) is 11.1 Å². The highest BCUT2D eigenvalue weighted by Gasteiger charge is 2.46. The van der Waals surface area contributed by atoms with Crippen LogP contribution in [0.25, 0.3) is 11.1 Å². The van der Waals surface area contributed by atoms with Crippen LogP contribution < -0.4 is 0 Å². The molecule has 0 saturated carbocycles. The second kappa shape index (κ2) is 6.03. The van der Waals surface area contributed by atoms with E-state index in [1.165, 1.54) is 33.4 Å². The van der Waals surface area contributed by atoms with Crippen LogP contribution in [-0.2, 0) is 5.41 Å². The SMILES string of the molecule is SC1C=CC(C2(c3ccccc3)c3ccccc3-c3ccccc32)=CC1. The van der Waals surface area contributed by atoms with E-state index in [4.69, 9.17) is 0 Å². The molecule has 126 valence electrons. The molecule has 0 saturated heterocycles. The minimum Gasteiger partial charge on any atom is -0.171 e. The summed E-state index contributed by atoms with van der Waals surface area (Å²) in [6.45, 7) is 0. The topological polar surface area (TPSA) is 0 Å². The normalized spacial score (nSPS) is 19.6. The molecule has 1 atom stereocenters. The molecule has 1 unspecified atom stereocenters. The molecule has 3 aromatic rings. The van der Waals surface area contributed by atoms with Crippen LogP contribution in [0.2, 0.25) is 0 Å². The van der Waals surface area contributed by atoms with Gasteiger partial charge in [-0.25, -0.2) is 0 Å². The quantitative estimate of drug-likeness (QED) is 0.523. The van der Waals surface area contributed by atoms with Gasteiger partial charge in [0.2, 0.25) is 0 Å². The summed E-state index contributed by atoms with van der Waals surface area (Å²) in [4.78, 5) is 0. The predicted octanol–water partition coefficient (Wildman–Crippen LogP) is 6.19. The Kier molecular flexibility index (Phi) is 3.65. The van der Waals surface area contributed by atoms with Gasteiger partial charge in [0, 0.05) is 5.25 Å². The van der Waals surface area contributed by atoms with Crippen LogP contribution in [0.5, 0.6) is 0 Å². The smallest absolute Gasteiger partial charge is 0.0710 e. The Balaban J connectivity index is 1.91. The molecule has 1 heteroatoms. The Bertz CT molecular complexity index is 981. The Morgan fingerprint density at radius 3 is 1.88 bits per heavy atom. The maximum atomic E-state index is 4.64. The summed E-state index contributed by atoms with van der Waals surface area (Å²) in [7, 11) is 0. The first-order valence-electron chi connectivity index (χ1n) is 9.13. The second-order valence-electron chi connectivity index (χ2n) is 7.03. The summed E-state index contributed by atoms with van der Waals surface area (Å²) in [6, 6.07) is 28.6. The van der Waals surface area contributed by atoms with E-state index < -0.39 is 0 Å². The number of allylic oxidation sites excluding steroid dienone is 3. The van der Waals surface area contributed by atoms with Crippen LogP contribution in [0.15, 0.2) is 103 Å². The lowest BCUT2D eigenvalue weighted by molar-refractivity contribution is 0.753. The Morgan fingerprint density at radius 2 is 1.31 bits per heavy atom. The molecule has 0 nitrogen and oxygen atoms in total. The van der Waals surface area contributed by atoms with E-state index in [1.807, 2.05) is 0 Å². The van der Waals surface area contributed by atoms with Crippen molar-refractivity contribution in [1.29, 1.82) is 0 Å². The molecule has 2 aliphatic carbocycles. The first kappa shape index (κ1) is 15.7. The Labute approximate surface area is 160 Å². The third-order valence-corrected chi connectivity index (χ3v) is 6.05. The average molecular weight is 353 g/mol. The molecule has 0 amide bonds. The van der Waals surface area contributed by atoms with Crippen molar-refractivity contribution in [2.75, 3.05) is 0 Å². The molecular formula is C25H20S. The van der Waals surface area contributed by atoms with Gasteiger partial charge in [-0.2, -0.15) is 12.6 Å². The highest BCUT2D eigenvalue weighted by Crippen LogP contribution is 2.56. The molecule has 0 heterocycles. The molecule has 0 N–H and O–H groups in total. The fraction of sp³-hybridized carbons (Fsp3) is 0.120. The van der Waals surface area contributed by atoms with Crippen LogP contribution in [0, 0.1) is 0 Å². The van der Waals surface area contributed by atoms with Crippen molar-refractivity contribution in [2.45, 2.75) is 17.1 Å². The molecule has 26 heavy (non-hydrogen) atoms. The van der Waals surface area contributed by atoms with Crippen LogP contribution in [0.4, 0.5) is 0 Å². The monoisotopic (exact) mass is 352 g/mol. The predicted molar refractivity (Wildman–Crippen MR) is 113 cm³/mol. The molecule has 2 aliphatic rings. The van der Waals surface area contributed by atoms with Crippen molar-refractivity contribution >= 4 is 12.6 Å². The van der Waals surface area contributed by atoms with E-state index in [9.17, 15) is 0 Å². The van der Waals surface area contributed by atoms with Crippen molar-refractivity contribution in [2.24, 2.45) is 0 Å². The maximum absolute atomic E-state index is 4.64. The average Bonchev–Trinajstić information content (AvgIpc) is 3.01. The molecule has 0 fully saturated rings. The van der Waals surface area contributed by atoms with Gasteiger partial charge in [0.15, 0.2) is 0 Å². The molecule has 3 aromatic carbocycles. The molecule has 5 rings (SSSR count). The standard InChI is InChI=1S/C25H20S/c26-20-16-14-19(15-17-20)25(18-8-2-1-3-9-18)23-12-6-4-10-21(23)22-11-5-7-13-24(22)25/h1-16,20,26H,17H2. The number of hydrogen-bond acceptors (Lipinski definition) is 1. The van der Waals surface area contributed by atoms with E-state index >= 15 is 0 Å². The number of hydrogen-bond donors (Lipinski definition) is 1. The lowest BCUT2D eigenvalue weighted by atomic mass is 9.66. The highest BCUT2D eigenvalue weighted by atomic mass is 32.1. The fourth-order valence-electron chi connectivity index (χ4n) is 4.60. The number of thiol groups is 1. The van der Waals surface area contributed by atoms with E-state index in [0.29, 0.717) is 5.25 Å². The first-order chi connectivity index (χ1) is 12.8. The van der Waals surface area contributed by atoms with Crippen molar-refractivity contribution in [3.05, 3.63) is 119 Å². The largest absolute Gasteiger partial charge is 0.171 e. The zero-order chi connectivity index (χ0) is 17.6. The number of benzene rings is 3. The van der Waals surface area contributed by atoms with Crippen molar-refractivity contribution < 1.29 is 0 Å². The first-order valence-corrected chi connectivity index (χ1v) is 9.65. The summed E-state index contributed by atoms with van der Waals surface area (Å²) in [5.41, 5.74) is 7.86.